The highest BCUT2D eigenvalue weighted by Gasteiger charge is 2.18. The van der Waals surface area contributed by atoms with Crippen molar-refractivity contribution in [3.05, 3.63) is 63.4 Å². The fourth-order valence-electron chi connectivity index (χ4n) is 2.16. The predicted molar refractivity (Wildman–Crippen MR) is 96.1 cm³/mol. The monoisotopic (exact) mass is 424 g/mol. The Bertz CT molecular complexity index is 926. The van der Waals surface area contributed by atoms with Crippen molar-refractivity contribution >= 4 is 38.3 Å². The number of methoxy groups -OCH3 is 1. The van der Waals surface area contributed by atoms with Gasteiger partial charge in [0.1, 0.15) is 22.9 Å². The quantitative estimate of drug-likeness (QED) is 0.632. The highest BCUT2D eigenvalue weighted by molar-refractivity contribution is 9.10. The first-order chi connectivity index (χ1) is 12.0. The molecule has 0 atom stereocenters. The molecule has 3 rings (SSSR count). The number of amides is 1. The van der Waals surface area contributed by atoms with E-state index in [4.69, 9.17) is 4.74 Å². The van der Waals surface area contributed by atoms with Gasteiger partial charge in [-0.2, -0.15) is 0 Å². The molecule has 2 aromatic carbocycles. The Morgan fingerprint density at radius 3 is 2.60 bits per heavy atom. The standard InChI is InChI=1S/C17H11BrF2N2O2S/c1-24-14-6-5-9(7-10(14)18)13-8-25-17(21-13)22-16(23)15-11(19)3-2-4-12(15)20/h2-8H,1H3,(H,21,22,23). The molecule has 25 heavy (non-hydrogen) atoms. The fraction of sp³-hybridized carbons (Fsp3) is 0.0588. The fourth-order valence-corrected chi connectivity index (χ4v) is 3.42. The van der Waals surface area contributed by atoms with Crippen LogP contribution in [0.15, 0.2) is 46.3 Å². The zero-order valence-electron chi connectivity index (χ0n) is 12.8. The molecule has 1 aromatic heterocycles. The van der Waals surface area contributed by atoms with Crippen LogP contribution in [0, 0.1) is 11.6 Å². The van der Waals surface area contributed by atoms with Gasteiger partial charge in [-0.15, -0.1) is 11.3 Å². The first kappa shape index (κ1) is 17.5. The van der Waals surface area contributed by atoms with Crippen LogP contribution in [-0.2, 0) is 0 Å². The SMILES string of the molecule is COc1ccc(-c2csc(NC(=O)c3c(F)cccc3F)n2)cc1Br. The largest absolute Gasteiger partial charge is 0.496 e. The number of nitrogens with zero attached hydrogens (tertiary/aromatic N) is 1. The van der Waals surface area contributed by atoms with Gasteiger partial charge >= 0.3 is 0 Å². The summed E-state index contributed by atoms with van der Waals surface area (Å²) in [5.41, 5.74) is 0.797. The number of carbonyl (C=O) groups excluding carboxylic acids is 1. The van der Waals surface area contributed by atoms with E-state index >= 15 is 0 Å². The minimum Gasteiger partial charge on any atom is -0.496 e. The Morgan fingerprint density at radius 1 is 1.24 bits per heavy atom. The summed E-state index contributed by atoms with van der Waals surface area (Å²) in [7, 11) is 1.57. The van der Waals surface area contributed by atoms with E-state index in [1.807, 2.05) is 12.1 Å². The minimum absolute atomic E-state index is 0.245. The molecule has 1 heterocycles. The zero-order valence-corrected chi connectivity index (χ0v) is 15.2. The molecule has 0 bridgehead atoms. The van der Waals surface area contributed by atoms with Gasteiger partial charge in [0.2, 0.25) is 0 Å². The van der Waals surface area contributed by atoms with Gasteiger partial charge in [0.15, 0.2) is 5.13 Å². The molecule has 0 spiro atoms. The van der Waals surface area contributed by atoms with Gasteiger partial charge in [-0.05, 0) is 46.3 Å². The molecular formula is C17H11BrF2N2O2S. The minimum atomic E-state index is -0.923. The van der Waals surface area contributed by atoms with Crippen LogP contribution in [-0.4, -0.2) is 18.0 Å². The van der Waals surface area contributed by atoms with Crippen molar-refractivity contribution < 1.29 is 18.3 Å². The number of rotatable bonds is 4. The average molecular weight is 425 g/mol. The number of carbonyl (C=O) groups is 1. The van der Waals surface area contributed by atoms with Crippen molar-refractivity contribution in [3.8, 4) is 17.0 Å². The number of aromatic nitrogens is 1. The molecule has 8 heteroatoms. The normalized spacial score (nSPS) is 10.6. The van der Waals surface area contributed by atoms with Crippen LogP contribution in [0.2, 0.25) is 0 Å². The van der Waals surface area contributed by atoms with Gasteiger partial charge in [-0.1, -0.05) is 6.07 Å². The zero-order chi connectivity index (χ0) is 18.0. The van der Waals surface area contributed by atoms with Gasteiger partial charge in [0, 0.05) is 10.9 Å². The smallest absolute Gasteiger partial charge is 0.263 e. The summed E-state index contributed by atoms with van der Waals surface area (Å²) in [5, 5.41) is 4.40. The van der Waals surface area contributed by atoms with Crippen molar-refractivity contribution in [2.24, 2.45) is 0 Å². The average Bonchev–Trinajstić information content (AvgIpc) is 3.03. The van der Waals surface area contributed by atoms with Crippen molar-refractivity contribution in [1.82, 2.24) is 4.98 Å². The second-order valence-electron chi connectivity index (χ2n) is 4.94. The summed E-state index contributed by atoms with van der Waals surface area (Å²) in [6, 6.07) is 8.69. The van der Waals surface area contributed by atoms with E-state index in [-0.39, 0.29) is 5.13 Å². The number of nitrogens with one attached hydrogen (secondary N) is 1. The van der Waals surface area contributed by atoms with Crippen molar-refractivity contribution in [1.29, 1.82) is 0 Å². The van der Waals surface area contributed by atoms with E-state index in [0.29, 0.717) is 11.4 Å². The van der Waals surface area contributed by atoms with E-state index in [1.54, 1.807) is 18.6 Å². The molecule has 4 nitrogen and oxygen atoms in total. The highest BCUT2D eigenvalue weighted by atomic mass is 79.9. The third-order valence-corrected chi connectivity index (χ3v) is 4.74. The number of ether oxygens (including phenoxy) is 1. The lowest BCUT2D eigenvalue weighted by Gasteiger charge is -2.05. The van der Waals surface area contributed by atoms with Crippen molar-refractivity contribution in [3.63, 3.8) is 0 Å². The molecule has 0 unspecified atom stereocenters. The summed E-state index contributed by atoms with van der Waals surface area (Å²) in [4.78, 5) is 16.4. The van der Waals surface area contributed by atoms with Crippen LogP contribution in [0.4, 0.5) is 13.9 Å². The molecule has 3 aromatic rings. The second-order valence-corrected chi connectivity index (χ2v) is 6.65. The first-order valence-corrected chi connectivity index (χ1v) is 8.71. The molecule has 1 N–H and O–H groups in total. The summed E-state index contributed by atoms with van der Waals surface area (Å²) in [6.45, 7) is 0. The number of anilines is 1. The lowest BCUT2D eigenvalue weighted by molar-refractivity contribution is 0.101. The number of hydrogen-bond donors (Lipinski definition) is 1. The van der Waals surface area contributed by atoms with Crippen molar-refractivity contribution in [2.75, 3.05) is 12.4 Å². The maximum Gasteiger partial charge on any atom is 0.263 e. The number of hydrogen-bond acceptors (Lipinski definition) is 4. The molecule has 0 radical (unpaired) electrons. The van der Waals surface area contributed by atoms with Gasteiger partial charge in [0.05, 0.1) is 17.3 Å². The Hall–Kier alpha value is -2.32. The molecule has 0 aliphatic carbocycles. The van der Waals surface area contributed by atoms with Gasteiger partial charge in [-0.25, -0.2) is 13.8 Å². The maximum atomic E-state index is 13.7. The van der Waals surface area contributed by atoms with E-state index in [9.17, 15) is 13.6 Å². The first-order valence-electron chi connectivity index (χ1n) is 7.04. The van der Waals surface area contributed by atoms with Crippen LogP contribution in [0.3, 0.4) is 0 Å². The Kier molecular flexibility index (Phi) is 5.10. The van der Waals surface area contributed by atoms with Crippen LogP contribution in [0.25, 0.3) is 11.3 Å². The summed E-state index contributed by atoms with van der Waals surface area (Å²) >= 11 is 4.56. The summed E-state index contributed by atoms with van der Waals surface area (Å²) in [6.07, 6.45) is 0. The van der Waals surface area contributed by atoms with E-state index < -0.39 is 23.1 Å². The third-order valence-electron chi connectivity index (χ3n) is 3.36. The number of halogens is 3. The molecule has 0 saturated heterocycles. The van der Waals surface area contributed by atoms with Gasteiger partial charge in [0.25, 0.3) is 5.91 Å². The Morgan fingerprint density at radius 2 is 1.96 bits per heavy atom. The number of benzene rings is 2. The topological polar surface area (TPSA) is 51.2 Å². The molecular weight excluding hydrogens is 414 g/mol. The molecule has 0 aliphatic rings. The number of thiazole rings is 1. The van der Waals surface area contributed by atoms with E-state index in [2.05, 4.69) is 26.2 Å². The second kappa shape index (κ2) is 7.28. The molecule has 1 amide bonds. The maximum absolute atomic E-state index is 13.7. The predicted octanol–water partition coefficient (Wildman–Crippen LogP) is 5.11. The van der Waals surface area contributed by atoms with Crippen LogP contribution >= 0.6 is 27.3 Å². The van der Waals surface area contributed by atoms with Crippen molar-refractivity contribution in [2.45, 2.75) is 0 Å². The molecule has 0 fully saturated rings. The highest BCUT2D eigenvalue weighted by Crippen LogP contribution is 2.32. The van der Waals surface area contributed by atoms with Crippen LogP contribution < -0.4 is 10.1 Å². The van der Waals surface area contributed by atoms with Crippen LogP contribution in [0.5, 0.6) is 5.75 Å². The molecule has 0 aliphatic heterocycles. The Labute approximate surface area is 154 Å². The van der Waals surface area contributed by atoms with Gasteiger partial charge < -0.3 is 4.74 Å². The van der Waals surface area contributed by atoms with E-state index in [1.165, 1.54) is 6.07 Å². The third kappa shape index (κ3) is 3.69. The molecule has 0 saturated carbocycles. The van der Waals surface area contributed by atoms with Gasteiger partial charge in [-0.3, -0.25) is 10.1 Å². The Balaban J connectivity index is 1.82. The lowest BCUT2D eigenvalue weighted by Crippen LogP contribution is -2.15. The molecule has 128 valence electrons. The summed E-state index contributed by atoms with van der Waals surface area (Å²) < 4.78 is 33.2. The lowest BCUT2D eigenvalue weighted by atomic mass is 10.2. The van der Waals surface area contributed by atoms with Crippen LogP contribution in [0.1, 0.15) is 10.4 Å². The van der Waals surface area contributed by atoms with E-state index in [0.717, 1.165) is 33.5 Å². The summed E-state index contributed by atoms with van der Waals surface area (Å²) in [5.74, 6) is -2.04.